The summed E-state index contributed by atoms with van der Waals surface area (Å²) in [5.41, 5.74) is 6.51. The molecule has 17 heavy (non-hydrogen) atoms. The third-order valence-electron chi connectivity index (χ3n) is 2.02. The summed E-state index contributed by atoms with van der Waals surface area (Å²) >= 11 is 3.00. The molecule has 0 aromatic carbocycles. The summed E-state index contributed by atoms with van der Waals surface area (Å²) in [6, 6.07) is 1.72. The average Bonchev–Trinajstić information content (AvgIpc) is 3.02. The Balaban J connectivity index is 2.13. The molecule has 0 fully saturated rings. The Labute approximate surface area is 105 Å². The second kappa shape index (κ2) is 4.19. The summed E-state index contributed by atoms with van der Waals surface area (Å²) in [7, 11) is 0. The predicted molar refractivity (Wildman–Crippen MR) is 68.7 cm³/mol. The summed E-state index contributed by atoms with van der Waals surface area (Å²) in [5, 5.41) is 5.37. The highest BCUT2D eigenvalue weighted by molar-refractivity contribution is 7.13. The molecule has 84 valence electrons. The molecule has 3 aromatic rings. The van der Waals surface area contributed by atoms with Gasteiger partial charge < -0.3 is 5.73 Å². The lowest BCUT2D eigenvalue weighted by molar-refractivity contribution is 1.17. The Hall–Kier alpha value is -1.86. The standard InChI is InChI=1S/C10H7N5S2/c11-7-5-6(9-12-1-3-16-9)14-8(15-7)10-13-2-4-17-10/h1-5H,(H2,11,14,15). The van der Waals surface area contributed by atoms with E-state index < -0.39 is 0 Å². The van der Waals surface area contributed by atoms with Crippen LogP contribution in [0.3, 0.4) is 0 Å². The molecule has 0 aliphatic rings. The van der Waals surface area contributed by atoms with E-state index in [2.05, 4.69) is 19.9 Å². The van der Waals surface area contributed by atoms with E-state index in [1.54, 1.807) is 18.5 Å². The highest BCUT2D eigenvalue weighted by Gasteiger charge is 2.10. The quantitative estimate of drug-likeness (QED) is 0.766. The molecule has 0 spiro atoms. The normalized spacial score (nSPS) is 10.6. The monoisotopic (exact) mass is 261 g/mol. The van der Waals surface area contributed by atoms with Crippen molar-refractivity contribution in [2.24, 2.45) is 0 Å². The first-order valence-electron chi connectivity index (χ1n) is 4.77. The maximum atomic E-state index is 5.77. The van der Waals surface area contributed by atoms with E-state index in [9.17, 15) is 0 Å². The van der Waals surface area contributed by atoms with Crippen molar-refractivity contribution in [2.75, 3.05) is 5.73 Å². The van der Waals surface area contributed by atoms with Crippen LogP contribution in [0.2, 0.25) is 0 Å². The van der Waals surface area contributed by atoms with Crippen molar-refractivity contribution in [3.63, 3.8) is 0 Å². The first-order chi connectivity index (χ1) is 8.33. The van der Waals surface area contributed by atoms with Crippen LogP contribution in [-0.4, -0.2) is 19.9 Å². The number of aromatic nitrogens is 4. The fraction of sp³-hybridized carbons (Fsp3) is 0. The molecule has 0 bridgehead atoms. The van der Waals surface area contributed by atoms with E-state index in [0.717, 1.165) is 15.7 Å². The summed E-state index contributed by atoms with van der Waals surface area (Å²) in [6.07, 6.45) is 3.46. The highest BCUT2D eigenvalue weighted by atomic mass is 32.1. The van der Waals surface area contributed by atoms with Crippen LogP contribution >= 0.6 is 22.7 Å². The molecule has 0 unspecified atom stereocenters. The molecule has 5 nitrogen and oxygen atoms in total. The van der Waals surface area contributed by atoms with Gasteiger partial charge in [0, 0.05) is 29.2 Å². The molecule has 3 rings (SSSR count). The largest absolute Gasteiger partial charge is 0.384 e. The molecule has 7 heteroatoms. The second-order valence-corrected chi connectivity index (χ2v) is 4.97. The lowest BCUT2D eigenvalue weighted by atomic mass is 10.4. The summed E-state index contributed by atoms with van der Waals surface area (Å²) in [6.45, 7) is 0. The number of nitrogens with zero attached hydrogens (tertiary/aromatic N) is 4. The van der Waals surface area contributed by atoms with Crippen LogP contribution in [0.1, 0.15) is 0 Å². The molecule has 0 saturated heterocycles. The lowest BCUT2D eigenvalue weighted by Crippen LogP contribution is -1.97. The topological polar surface area (TPSA) is 77.6 Å². The smallest absolute Gasteiger partial charge is 0.191 e. The summed E-state index contributed by atoms with van der Waals surface area (Å²) in [5.74, 6) is 0.973. The van der Waals surface area contributed by atoms with E-state index in [4.69, 9.17) is 5.73 Å². The zero-order valence-electron chi connectivity index (χ0n) is 8.57. The molecule has 0 radical (unpaired) electrons. The Morgan fingerprint density at radius 3 is 2.29 bits per heavy atom. The van der Waals surface area contributed by atoms with Gasteiger partial charge in [0.15, 0.2) is 10.8 Å². The lowest BCUT2D eigenvalue weighted by Gasteiger charge is -2.01. The van der Waals surface area contributed by atoms with Crippen LogP contribution in [-0.2, 0) is 0 Å². The van der Waals surface area contributed by atoms with Crippen LogP contribution in [0.5, 0.6) is 0 Å². The van der Waals surface area contributed by atoms with Gasteiger partial charge in [-0.1, -0.05) is 0 Å². The first-order valence-corrected chi connectivity index (χ1v) is 6.53. The van der Waals surface area contributed by atoms with Gasteiger partial charge in [-0.15, -0.1) is 22.7 Å². The molecular formula is C10H7N5S2. The van der Waals surface area contributed by atoms with Crippen molar-refractivity contribution in [1.82, 2.24) is 19.9 Å². The fourth-order valence-electron chi connectivity index (χ4n) is 1.36. The van der Waals surface area contributed by atoms with Crippen LogP contribution < -0.4 is 5.73 Å². The first kappa shape index (κ1) is 10.3. The number of hydrogen-bond acceptors (Lipinski definition) is 7. The molecule has 0 aliphatic heterocycles. The second-order valence-electron chi connectivity index (χ2n) is 3.18. The number of thiazole rings is 2. The minimum Gasteiger partial charge on any atom is -0.384 e. The average molecular weight is 261 g/mol. The number of anilines is 1. The maximum absolute atomic E-state index is 5.77. The number of rotatable bonds is 2. The fourth-order valence-corrected chi connectivity index (χ4v) is 2.52. The Morgan fingerprint density at radius 2 is 1.65 bits per heavy atom. The summed E-state index contributed by atoms with van der Waals surface area (Å²) in [4.78, 5) is 17.0. The molecule has 3 aromatic heterocycles. The zero-order chi connectivity index (χ0) is 11.7. The molecule has 2 N–H and O–H groups in total. The molecule has 3 heterocycles. The third-order valence-corrected chi connectivity index (χ3v) is 3.59. The molecule has 0 atom stereocenters. The van der Waals surface area contributed by atoms with Gasteiger partial charge in [-0.05, 0) is 0 Å². The van der Waals surface area contributed by atoms with E-state index in [-0.39, 0.29) is 0 Å². The van der Waals surface area contributed by atoms with Gasteiger partial charge in [0.25, 0.3) is 0 Å². The van der Waals surface area contributed by atoms with Crippen molar-refractivity contribution in [3.8, 4) is 21.5 Å². The minimum absolute atomic E-state index is 0.426. The van der Waals surface area contributed by atoms with E-state index >= 15 is 0 Å². The number of hydrogen-bond donors (Lipinski definition) is 1. The van der Waals surface area contributed by atoms with Gasteiger partial charge in [0.05, 0.1) is 0 Å². The minimum atomic E-state index is 0.426. The van der Waals surface area contributed by atoms with Gasteiger partial charge in [0.2, 0.25) is 0 Å². The van der Waals surface area contributed by atoms with E-state index in [1.807, 2.05) is 10.8 Å². The SMILES string of the molecule is Nc1cc(-c2nccs2)nc(-c2nccs2)n1. The number of nitrogens with two attached hydrogens (primary N) is 1. The van der Waals surface area contributed by atoms with Gasteiger partial charge in [0.1, 0.15) is 16.5 Å². The zero-order valence-corrected chi connectivity index (χ0v) is 10.2. The molecule has 0 amide bonds. The predicted octanol–water partition coefficient (Wildman–Crippen LogP) is 2.31. The summed E-state index contributed by atoms with van der Waals surface area (Å²) < 4.78 is 0. The van der Waals surface area contributed by atoms with Gasteiger partial charge in [-0.3, -0.25) is 0 Å². The molecule has 0 aliphatic carbocycles. The van der Waals surface area contributed by atoms with Gasteiger partial charge in [-0.2, -0.15) is 0 Å². The van der Waals surface area contributed by atoms with Crippen molar-refractivity contribution < 1.29 is 0 Å². The van der Waals surface area contributed by atoms with Crippen LogP contribution in [0.25, 0.3) is 21.5 Å². The Kier molecular flexibility index (Phi) is 2.54. The number of nitrogen functional groups attached to an aromatic ring is 1. The van der Waals surface area contributed by atoms with Crippen LogP contribution in [0, 0.1) is 0 Å². The van der Waals surface area contributed by atoms with E-state index in [1.165, 1.54) is 22.7 Å². The third kappa shape index (κ3) is 2.02. The Morgan fingerprint density at radius 1 is 0.941 bits per heavy atom. The van der Waals surface area contributed by atoms with Crippen molar-refractivity contribution in [2.45, 2.75) is 0 Å². The van der Waals surface area contributed by atoms with Crippen molar-refractivity contribution in [3.05, 3.63) is 29.2 Å². The Bertz CT molecular complexity index is 566. The van der Waals surface area contributed by atoms with E-state index in [0.29, 0.717) is 11.6 Å². The van der Waals surface area contributed by atoms with Gasteiger partial charge >= 0.3 is 0 Å². The van der Waals surface area contributed by atoms with Gasteiger partial charge in [-0.25, -0.2) is 19.9 Å². The highest BCUT2D eigenvalue weighted by Crippen LogP contribution is 2.25. The maximum Gasteiger partial charge on any atom is 0.191 e. The molecule has 0 saturated carbocycles. The molecular weight excluding hydrogens is 254 g/mol. The van der Waals surface area contributed by atoms with Crippen LogP contribution in [0.15, 0.2) is 29.2 Å². The van der Waals surface area contributed by atoms with Crippen molar-refractivity contribution in [1.29, 1.82) is 0 Å². The van der Waals surface area contributed by atoms with Crippen LogP contribution in [0.4, 0.5) is 5.82 Å². The van der Waals surface area contributed by atoms with Crippen molar-refractivity contribution >= 4 is 28.5 Å².